The van der Waals surface area contributed by atoms with E-state index in [4.69, 9.17) is 11.5 Å². The fourth-order valence-electron chi connectivity index (χ4n) is 5.40. The van der Waals surface area contributed by atoms with E-state index in [0.717, 1.165) is 0 Å². The lowest BCUT2D eigenvalue weighted by Gasteiger charge is -2.28. The number of carboxylic acids is 1. The topological polar surface area (TPSA) is 304 Å². The number of aromatic hydroxyl groups is 1. The third-order valence-corrected chi connectivity index (χ3v) is 8.61. The number of hydrogen-bond donors (Lipinski definition) is 11. The maximum Gasteiger partial charge on any atom is 0.328 e. The summed E-state index contributed by atoms with van der Waals surface area (Å²) >= 11 is 0. The summed E-state index contributed by atoms with van der Waals surface area (Å²) in [7, 11) is 0. The van der Waals surface area contributed by atoms with Gasteiger partial charge in [-0.15, -0.1) is 0 Å². The maximum absolute atomic E-state index is 14.0. The Hall–Kier alpha value is -5.07. The van der Waals surface area contributed by atoms with Crippen LogP contribution in [0.3, 0.4) is 0 Å². The molecule has 54 heavy (non-hydrogen) atoms. The number of aliphatic hydroxyl groups is 1. The average molecular weight is 760 g/mol. The van der Waals surface area contributed by atoms with Crippen molar-refractivity contribution in [1.82, 2.24) is 36.6 Å². The van der Waals surface area contributed by atoms with Crippen LogP contribution in [0.15, 0.2) is 36.8 Å². The minimum Gasteiger partial charge on any atom is -0.508 e. The third-order valence-electron chi connectivity index (χ3n) is 8.61. The minimum atomic E-state index is -1.69. The van der Waals surface area contributed by atoms with Crippen molar-refractivity contribution >= 4 is 35.5 Å². The number of imidazole rings is 1. The number of H-pyrrole nitrogens is 1. The molecule has 300 valence electrons. The third kappa shape index (κ3) is 15.1. The predicted molar refractivity (Wildman–Crippen MR) is 198 cm³/mol. The molecule has 1 aromatic heterocycles. The van der Waals surface area contributed by atoms with Gasteiger partial charge in [0.15, 0.2) is 6.04 Å². The number of nitrogens with one attached hydrogen (secondary N) is 6. The molecule has 2 aromatic rings. The minimum absolute atomic E-state index is 0.0439. The second-order valence-corrected chi connectivity index (χ2v) is 14.1. The van der Waals surface area contributed by atoms with Crippen LogP contribution < -0.4 is 38.1 Å². The second-order valence-electron chi connectivity index (χ2n) is 14.1. The summed E-state index contributed by atoms with van der Waals surface area (Å²) in [6, 6.07) is -1.70. The average Bonchev–Trinajstić information content (AvgIpc) is 3.62. The first-order valence-corrected chi connectivity index (χ1v) is 18.1. The van der Waals surface area contributed by atoms with Gasteiger partial charge in [-0.3, -0.25) is 24.0 Å². The van der Waals surface area contributed by atoms with Crippen LogP contribution in [0, 0.1) is 11.8 Å². The number of carbonyl (C=O) groups is 6. The van der Waals surface area contributed by atoms with Gasteiger partial charge in [0.1, 0.15) is 29.9 Å². The molecule has 5 amide bonds. The quantitative estimate of drug-likeness (QED) is 0.0605. The smallest absolute Gasteiger partial charge is 0.328 e. The number of rotatable bonds is 23. The first kappa shape index (κ1) is 45.1. The van der Waals surface area contributed by atoms with E-state index in [1.165, 1.54) is 43.7 Å². The van der Waals surface area contributed by atoms with Crippen molar-refractivity contribution in [3.63, 3.8) is 0 Å². The number of unbranched alkanes of at least 4 members (excludes halogenated alkanes) is 1. The molecule has 1 aromatic carbocycles. The lowest BCUT2D eigenvalue weighted by Crippen LogP contribution is -2.60. The number of nitrogens with zero attached hydrogens (tertiary/aromatic N) is 1. The lowest BCUT2D eigenvalue weighted by atomic mass is 10.00. The number of aromatic amines is 1. The Kier molecular flexibility index (Phi) is 18.6. The molecule has 0 radical (unpaired) electrons. The molecule has 2 rings (SSSR count). The van der Waals surface area contributed by atoms with Crippen LogP contribution in [0.2, 0.25) is 0 Å². The van der Waals surface area contributed by atoms with Gasteiger partial charge in [-0.05, 0) is 68.7 Å². The number of carbonyl (C=O) groups excluding carboxylic acids is 5. The first-order valence-electron chi connectivity index (χ1n) is 18.1. The molecule has 0 aliphatic heterocycles. The van der Waals surface area contributed by atoms with E-state index >= 15 is 0 Å². The largest absolute Gasteiger partial charge is 0.508 e. The van der Waals surface area contributed by atoms with Crippen LogP contribution in [-0.2, 0) is 41.6 Å². The molecule has 0 saturated heterocycles. The summed E-state index contributed by atoms with van der Waals surface area (Å²) in [6.07, 6.45) is 2.58. The van der Waals surface area contributed by atoms with Crippen LogP contribution in [-0.4, -0.2) is 110 Å². The van der Waals surface area contributed by atoms with E-state index in [1.807, 2.05) is 13.8 Å². The molecule has 0 fully saturated rings. The number of phenolic OH excluding ortho intramolecular Hbond substituents is 1. The molecule has 18 nitrogen and oxygen atoms in total. The van der Waals surface area contributed by atoms with Gasteiger partial charge in [-0.25, -0.2) is 9.78 Å². The Morgan fingerprint density at radius 1 is 0.759 bits per heavy atom. The monoisotopic (exact) mass is 759 g/mol. The molecule has 0 unspecified atom stereocenters. The fraction of sp³-hybridized carbons (Fsp3) is 0.583. The molecule has 13 N–H and O–H groups in total. The van der Waals surface area contributed by atoms with Crippen molar-refractivity contribution in [3.8, 4) is 5.75 Å². The Balaban J connectivity index is 2.40. The first-order chi connectivity index (χ1) is 25.4. The molecule has 0 saturated carbocycles. The van der Waals surface area contributed by atoms with Crippen molar-refractivity contribution in [3.05, 3.63) is 48.0 Å². The Labute approximate surface area is 315 Å². The Morgan fingerprint density at radius 2 is 1.30 bits per heavy atom. The van der Waals surface area contributed by atoms with Gasteiger partial charge in [0.25, 0.3) is 0 Å². The highest BCUT2D eigenvalue weighted by molar-refractivity contribution is 5.96. The summed E-state index contributed by atoms with van der Waals surface area (Å²) in [5, 5.41) is 42.2. The number of aliphatic carboxylic acids is 1. The molecule has 7 atom stereocenters. The molecule has 0 aliphatic rings. The predicted octanol–water partition coefficient (Wildman–Crippen LogP) is -1.05. The van der Waals surface area contributed by atoms with Crippen LogP contribution >= 0.6 is 0 Å². The van der Waals surface area contributed by atoms with Gasteiger partial charge in [-0.2, -0.15) is 0 Å². The zero-order valence-electron chi connectivity index (χ0n) is 31.5. The SMILES string of the molecule is CC(C)C[C@H](NC(=O)[C@H](CCCCN)NC(=O)[C@@H](N)C(C)C)C(=O)N[C@@H](Cc1cnc[nH]1)C(=O)N[C@@H](Cc1ccc(O)cc1)C(=O)N[C@H](C(=O)O)[C@@H](C)O. The highest BCUT2D eigenvalue weighted by atomic mass is 16.4. The van der Waals surface area contributed by atoms with Crippen LogP contribution in [0.5, 0.6) is 5.75 Å². The number of hydrogen-bond acceptors (Lipinski definition) is 11. The molecule has 1 heterocycles. The van der Waals surface area contributed by atoms with E-state index in [2.05, 4.69) is 36.6 Å². The summed E-state index contributed by atoms with van der Waals surface area (Å²) in [5.41, 5.74) is 12.6. The molecular formula is C36H57N9O9. The highest BCUT2D eigenvalue weighted by Gasteiger charge is 2.34. The van der Waals surface area contributed by atoms with Gasteiger partial charge < -0.3 is 58.4 Å². The normalized spacial score (nSPS) is 15.2. The number of aliphatic hydroxyl groups excluding tert-OH is 1. The van der Waals surface area contributed by atoms with E-state index in [9.17, 15) is 44.1 Å². The van der Waals surface area contributed by atoms with Gasteiger partial charge in [-0.1, -0.05) is 39.8 Å². The van der Waals surface area contributed by atoms with Gasteiger partial charge in [0.05, 0.1) is 18.5 Å². The number of nitrogens with two attached hydrogens (primary N) is 2. The Bertz CT molecular complexity index is 1520. The number of carboxylic acid groups (broad SMARTS) is 1. The van der Waals surface area contributed by atoms with E-state index in [1.54, 1.807) is 13.8 Å². The highest BCUT2D eigenvalue weighted by Crippen LogP contribution is 2.13. The van der Waals surface area contributed by atoms with Gasteiger partial charge in [0, 0.05) is 24.7 Å². The molecule has 18 heteroatoms. The lowest BCUT2D eigenvalue weighted by molar-refractivity contribution is -0.145. The van der Waals surface area contributed by atoms with Crippen LogP contribution in [0.25, 0.3) is 0 Å². The van der Waals surface area contributed by atoms with Crippen molar-refractivity contribution in [2.24, 2.45) is 23.3 Å². The van der Waals surface area contributed by atoms with Gasteiger partial charge in [0.2, 0.25) is 29.5 Å². The fourth-order valence-corrected chi connectivity index (χ4v) is 5.40. The van der Waals surface area contributed by atoms with E-state index in [-0.39, 0.29) is 43.3 Å². The summed E-state index contributed by atoms with van der Waals surface area (Å²) < 4.78 is 0. The summed E-state index contributed by atoms with van der Waals surface area (Å²) in [5.74, 6) is -5.46. The van der Waals surface area contributed by atoms with Crippen LogP contribution in [0.4, 0.5) is 0 Å². The van der Waals surface area contributed by atoms with Crippen molar-refractivity contribution in [2.45, 2.75) is 115 Å². The summed E-state index contributed by atoms with van der Waals surface area (Å²) in [6.45, 7) is 8.80. The van der Waals surface area contributed by atoms with Gasteiger partial charge >= 0.3 is 5.97 Å². The zero-order chi connectivity index (χ0) is 40.5. The van der Waals surface area contributed by atoms with E-state index < -0.39 is 77.9 Å². The van der Waals surface area contributed by atoms with Crippen molar-refractivity contribution in [2.75, 3.05) is 6.54 Å². The Morgan fingerprint density at radius 3 is 1.81 bits per heavy atom. The number of benzene rings is 1. The molecule has 0 spiro atoms. The van der Waals surface area contributed by atoms with Crippen LogP contribution in [0.1, 0.15) is 71.6 Å². The number of phenols is 1. The van der Waals surface area contributed by atoms with Crippen molar-refractivity contribution in [1.29, 1.82) is 0 Å². The second kappa shape index (κ2) is 22.2. The number of aromatic nitrogens is 2. The maximum atomic E-state index is 14.0. The summed E-state index contributed by atoms with van der Waals surface area (Å²) in [4.78, 5) is 86.4. The van der Waals surface area contributed by atoms with Crippen molar-refractivity contribution < 1.29 is 44.1 Å². The molecule has 0 aliphatic carbocycles. The standard InChI is InChI=1S/C36H57N9O9/c1-19(2)14-26(42-31(48)25(8-6-7-13-37)41-35(52)29(38)20(3)4)32(49)44-28(16-23-17-39-18-40-23)33(50)43-27(15-22-9-11-24(47)12-10-22)34(51)45-30(21(5)46)36(53)54/h9-12,17-21,25-30,46-47H,6-8,13-16,37-38H2,1-5H3,(H,39,40)(H,41,52)(H,42,48)(H,43,50)(H,44,49)(H,45,51)(H,53,54)/t21-,25+,26+,27+,28+,29+,30+/m1/s1. The molecule has 0 bridgehead atoms. The number of amides is 5. The molecular weight excluding hydrogens is 702 g/mol. The zero-order valence-corrected chi connectivity index (χ0v) is 31.5. The van der Waals surface area contributed by atoms with E-state index in [0.29, 0.717) is 30.6 Å².